The topological polar surface area (TPSA) is 93.0 Å². The third kappa shape index (κ3) is 2.13. The zero-order chi connectivity index (χ0) is 14.2. The zero-order valence-electron chi connectivity index (χ0n) is 9.81. The molecule has 7 heteroatoms. The molecular formula is C12H8FN3O2S. The van der Waals surface area contributed by atoms with E-state index in [-0.39, 0.29) is 11.3 Å². The molecule has 5 nitrogen and oxygen atoms in total. The molecule has 0 aliphatic rings. The highest BCUT2D eigenvalue weighted by atomic mass is 32.1. The van der Waals surface area contributed by atoms with Gasteiger partial charge in [0, 0.05) is 4.88 Å². The summed E-state index contributed by atoms with van der Waals surface area (Å²) in [6, 6.07) is 5.26. The van der Waals surface area contributed by atoms with Crippen LogP contribution in [-0.4, -0.2) is 4.92 Å². The third-order valence-electron chi connectivity index (χ3n) is 2.70. The van der Waals surface area contributed by atoms with E-state index in [2.05, 4.69) is 0 Å². The van der Waals surface area contributed by atoms with Gasteiger partial charge in [0.25, 0.3) is 5.69 Å². The van der Waals surface area contributed by atoms with E-state index in [0.29, 0.717) is 21.0 Å². The molecule has 0 saturated heterocycles. The molecule has 2 rings (SSSR count). The average Bonchev–Trinajstić information content (AvgIpc) is 2.66. The molecule has 0 fully saturated rings. The minimum Gasteiger partial charge on any atom is -0.397 e. The lowest BCUT2D eigenvalue weighted by Gasteiger charge is -2.02. The Morgan fingerprint density at radius 3 is 2.74 bits per heavy atom. The Balaban J connectivity index is 2.73. The van der Waals surface area contributed by atoms with E-state index in [9.17, 15) is 14.5 Å². The van der Waals surface area contributed by atoms with Crippen LogP contribution in [0.25, 0.3) is 10.4 Å². The molecule has 0 atom stereocenters. The fourth-order valence-electron chi connectivity index (χ4n) is 1.71. The van der Waals surface area contributed by atoms with Crippen LogP contribution in [-0.2, 0) is 0 Å². The second kappa shape index (κ2) is 4.66. The molecule has 0 aliphatic heterocycles. The molecule has 1 aromatic heterocycles. The minimum absolute atomic E-state index is 0.266. The number of benzene rings is 1. The smallest absolute Gasteiger partial charge is 0.280 e. The van der Waals surface area contributed by atoms with E-state index < -0.39 is 10.7 Å². The van der Waals surface area contributed by atoms with Crippen molar-refractivity contribution in [1.82, 2.24) is 0 Å². The summed E-state index contributed by atoms with van der Waals surface area (Å²) in [6.07, 6.45) is 0. The van der Waals surface area contributed by atoms with Crippen LogP contribution < -0.4 is 5.73 Å². The first kappa shape index (κ1) is 13.0. The molecule has 0 radical (unpaired) electrons. The summed E-state index contributed by atoms with van der Waals surface area (Å²) in [7, 11) is 0. The van der Waals surface area contributed by atoms with Crippen LogP contribution in [0.1, 0.15) is 10.4 Å². The Morgan fingerprint density at radius 1 is 1.53 bits per heavy atom. The van der Waals surface area contributed by atoms with Crippen molar-refractivity contribution in [1.29, 1.82) is 5.26 Å². The van der Waals surface area contributed by atoms with Gasteiger partial charge in [-0.15, -0.1) is 11.3 Å². The van der Waals surface area contributed by atoms with E-state index in [4.69, 9.17) is 11.0 Å². The van der Waals surface area contributed by atoms with E-state index in [1.54, 1.807) is 6.92 Å². The van der Waals surface area contributed by atoms with Crippen molar-refractivity contribution in [2.45, 2.75) is 6.92 Å². The van der Waals surface area contributed by atoms with Crippen LogP contribution in [0.15, 0.2) is 18.2 Å². The van der Waals surface area contributed by atoms with Crippen LogP contribution in [0.2, 0.25) is 0 Å². The lowest BCUT2D eigenvalue weighted by atomic mass is 10.1. The number of nitrogens with two attached hydrogens (primary N) is 1. The summed E-state index contributed by atoms with van der Waals surface area (Å²) in [4.78, 5) is 11.1. The molecule has 0 unspecified atom stereocenters. The Hall–Kier alpha value is -2.46. The number of nitrogens with zero attached hydrogens (tertiary/aromatic N) is 2. The van der Waals surface area contributed by atoms with Crippen molar-refractivity contribution in [2.75, 3.05) is 5.73 Å². The molecule has 1 heterocycles. The average molecular weight is 277 g/mol. The quantitative estimate of drug-likeness (QED) is 0.673. The predicted molar refractivity (Wildman–Crippen MR) is 70.2 cm³/mol. The fraction of sp³-hybridized carbons (Fsp3) is 0.0833. The maximum absolute atomic E-state index is 13.1. The van der Waals surface area contributed by atoms with E-state index in [1.165, 1.54) is 6.07 Å². The maximum Gasteiger partial charge on any atom is 0.280 e. The van der Waals surface area contributed by atoms with Crippen molar-refractivity contribution in [3.63, 3.8) is 0 Å². The van der Waals surface area contributed by atoms with E-state index >= 15 is 0 Å². The van der Waals surface area contributed by atoms with Gasteiger partial charge in [0.1, 0.15) is 16.8 Å². The largest absolute Gasteiger partial charge is 0.397 e. The normalized spacial score (nSPS) is 10.2. The molecule has 19 heavy (non-hydrogen) atoms. The number of thiophene rings is 1. The Labute approximate surface area is 111 Å². The highest BCUT2D eigenvalue weighted by molar-refractivity contribution is 7.16. The van der Waals surface area contributed by atoms with Crippen LogP contribution in [0.5, 0.6) is 0 Å². The number of nitro benzene ring substituents is 1. The summed E-state index contributed by atoms with van der Waals surface area (Å²) in [5.41, 5.74) is 6.58. The van der Waals surface area contributed by atoms with Gasteiger partial charge in [-0.2, -0.15) is 5.26 Å². The van der Waals surface area contributed by atoms with Gasteiger partial charge in [0.05, 0.1) is 22.2 Å². The summed E-state index contributed by atoms with van der Waals surface area (Å²) in [5, 5.41) is 19.9. The van der Waals surface area contributed by atoms with Crippen LogP contribution in [0, 0.1) is 34.2 Å². The van der Waals surface area contributed by atoms with Gasteiger partial charge in [-0.25, -0.2) is 4.39 Å². The van der Waals surface area contributed by atoms with E-state index in [0.717, 1.165) is 23.5 Å². The number of anilines is 1. The maximum atomic E-state index is 13.1. The number of nitriles is 1. The summed E-state index contributed by atoms with van der Waals surface area (Å²) < 4.78 is 13.1. The molecule has 0 aliphatic carbocycles. The van der Waals surface area contributed by atoms with Gasteiger partial charge in [-0.05, 0) is 24.6 Å². The van der Waals surface area contributed by atoms with Crippen LogP contribution in [0.3, 0.4) is 0 Å². The monoisotopic (exact) mass is 277 g/mol. The number of nitro groups is 1. The fourth-order valence-corrected chi connectivity index (χ4v) is 2.77. The van der Waals surface area contributed by atoms with Gasteiger partial charge >= 0.3 is 0 Å². The standard InChI is InChI=1S/C12H8FN3O2S/c1-6-11(15)10(5-14)19-12(6)8-3-2-7(13)4-9(8)16(17)18/h2-4H,15H2,1H3. The van der Waals surface area contributed by atoms with Gasteiger partial charge in [0.2, 0.25) is 0 Å². The van der Waals surface area contributed by atoms with Crippen LogP contribution in [0.4, 0.5) is 15.8 Å². The molecule has 2 aromatic rings. The highest BCUT2D eigenvalue weighted by Crippen LogP contribution is 2.41. The summed E-state index contributed by atoms with van der Waals surface area (Å²) >= 11 is 1.06. The third-order valence-corrected chi connectivity index (χ3v) is 3.94. The Bertz CT molecular complexity index is 718. The van der Waals surface area contributed by atoms with Crippen molar-refractivity contribution in [2.24, 2.45) is 0 Å². The molecule has 96 valence electrons. The molecule has 0 saturated carbocycles. The van der Waals surface area contributed by atoms with Crippen LogP contribution >= 0.6 is 11.3 Å². The van der Waals surface area contributed by atoms with Gasteiger partial charge in [0.15, 0.2) is 0 Å². The molecule has 2 N–H and O–H groups in total. The highest BCUT2D eigenvalue weighted by Gasteiger charge is 2.22. The second-order valence-electron chi connectivity index (χ2n) is 3.83. The van der Waals surface area contributed by atoms with Crippen molar-refractivity contribution >= 4 is 22.7 Å². The molecular weight excluding hydrogens is 269 g/mol. The van der Waals surface area contributed by atoms with Gasteiger partial charge in [-0.1, -0.05) is 0 Å². The Morgan fingerprint density at radius 2 is 2.21 bits per heavy atom. The predicted octanol–water partition coefficient (Wildman–Crippen LogP) is 3.22. The Kier molecular flexibility index (Phi) is 3.19. The summed E-state index contributed by atoms with van der Waals surface area (Å²) in [6.45, 7) is 1.68. The SMILES string of the molecule is Cc1c(-c2ccc(F)cc2[N+](=O)[O-])sc(C#N)c1N. The van der Waals surface area contributed by atoms with Gasteiger partial charge < -0.3 is 5.73 Å². The first-order valence-corrected chi connectivity index (χ1v) is 6.00. The van der Waals surface area contributed by atoms with Gasteiger partial charge in [-0.3, -0.25) is 10.1 Å². The van der Waals surface area contributed by atoms with E-state index in [1.807, 2.05) is 6.07 Å². The molecule has 0 amide bonds. The van der Waals surface area contributed by atoms with Crippen molar-refractivity contribution < 1.29 is 9.31 Å². The summed E-state index contributed by atoms with van der Waals surface area (Å²) in [5.74, 6) is -0.682. The molecule has 0 bridgehead atoms. The zero-order valence-corrected chi connectivity index (χ0v) is 10.6. The lowest BCUT2D eigenvalue weighted by molar-refractivity contribution is -0.384. The van der Waals surface area contributed by atoms with Crippen molar-refractivity contribution in [3.05, 3.63) is 44.6 Å². The lowest BCUT2D eigenvalue weighted by Crippen LogP contribution is -1.93. The molecule has 1 aromatic carbocycles. The second-order valence-corrected chi connectivity index (χ2v) is 4.85. The van der Waals surface area contributed by atoms with Crippen molar-refractivity contribution in [3.8, 4) is 16.5 Å². The number of rotatable bonds is 2. The number of hydrogen-bond acceptors (Lipinski definition) is 5. The first-order valence-electron chi connectivity index (χ1n) is 5.19. The number of nitrogen functional groups attached to an aromatic ring is 1. The number of halogens is 1. The first-order chi connectivity index (χ1) is 8.95. The minimum atomic E-state index is -0.682. The molecule has 0 spiro atoms. The number of hydrogen-bond donors (Lipinski definition) is 1.